The molecule has 0 fully saturated rings. The summed E-state index contributed by atoms with van der Waals surface area (Å²) in [5.74, 6) is 0. The minimum Gasteiger partial charge on any atom is -0.361 e. The van der Waals surface area contributed by atoms with Crippen molar-refractivity contribution in [3.8, 4) is 0 Å². The van der Waals surface area contributed by atoms with E-state index in [0.29, 0.717) is 12.8 Å². The van der Waals surface area contributed by atoms with Crippen LogP contribution in [0.3, 0.4) is 0 Å². The number of alkyl halides is 3. The van der Waals surface area contributed by atoms with E-state index in [9.17, 15) is 13.2 Å². The number of hydrogen-bond donors (Lipinski definition) is 0. The summed E-state index contributed by atoms with van der Waals surface area (Å²) >= 11 is 0. The highest BCUT2D eigenvalue weighted by Gasteiger charge is 2.36. The predicted molar refractivity (Wildman–Crippen MR) is 56.5 cm³/mol. The Morgan fingerprint density at radius 2 is 2.12 bits per heavy atom. The van der Waals surface area contributed by atoms with Crippen LogP contribution in [0.4, 0.5) is 13.2 Å². The van der Waals surface area contributed by atoms with Gasteiger partial charge in [0.1, 0.15) is 6.61 Å². The molecule has 1 atom stereocenters. The summed E-state index contributed by atoms with van der Waals surface area (Å²) < 4.78 is 41.3. The van der Waals surface area contributed by atoms with Gasteiger partial charge in [0.25, 0.3) is 0 Å². The number of halogens is 3. The fraction of sp³-hybridized carbons (Fsp3) is 0.727. The van der Waals surface area contributed by atoms with Crippen LogP contribution in [0.2, 0.25) is 0 Å². The number of aliphatic imine (C=N–C) groups is 1. The maximum absolute atomic E-state index is 12.1. The van der Waals surface area contributed by atoms with Crippen molar-refractivity contribution in [1.29, 1.82) is 0 Å². The third-order valence-corrected chi connectivity index (χ3v) is 2.84. The van der Waals surface area contributed by atoms with Crippen LogP contribution in [0.5, 0.6) is 0 Å². The van der Waals surface area contributed by atoms with Crippen LogP contribution in [0.15, 0.2) is 16.3 Å². The Balaban J connectivity index is 2.78. The lowest BCUT2D eigenvalue weighted by Gasteiger charge is -2.33. The number of nitrogens with zero attached hydrogens (tertiary/aromatic N) is 1. The van der Waals surface area contributed by atoms with Crippen molar-refractivity contribution >= 4 is 6.21 Å². The minimum absolute atomic E-state index is 0.387. The third-order valence-electron chi connectivity index (χ3n) is 2.84. The maximum atomic E-state index is 12.1. The normalized spacial score (nSPS) is 26.4. The Bertz CT molecular complexity index is 320. The molecule has 0 radical (unpaired) electrons. The first kappa shape index (κ1) is 13.2. The molecule has 0 aromatic rings. The van der Waals surface area contributed by atoms with E-state index >= 15 is 0 Å². The standard InChI is InChI=1S/C11H16F3NO/c1-4-9-8(2)10(3,5-6-15-9)16-7-11(12,13)14/h6H,4-5,7H2,1-3H3. The van der Waals surface area contributed by atoms with Gasteiger partial charge in [0.2, 0.25) is 0 Å². The lowest BCUT2D eigenvalue weighted by Crippen LogP contribution is -2.37. The molecule has 1 rings (SSSR count). The average Bonchev–Trinajstić information content (AvgIpc) is 2.19. The summed E-state index contributed by atoms with van der Waals surface area (Å²) in [4.78, 5) is 4.16. The monoisotopic (exact) mass is 235 g/mol. The van der Waals surface area contributed by atoms with Crippen molar-refractivity contribution < 1.29 is 17.9 Å². The number of rotatable bonds is 3. The number of ether oxygens (including phenoxy) is 1. The second-order valence-electron chi connectivity index (χ2n) is 4.08. The third kappa shape index (κ3) is 3.07. The van der Waals surface area contributed by atoms with Crippen LogP contribution in [0, 0.1) is 0 Å². The van der Waals surface area contributed by atoms with Crippen molar-refractivity contribution in [1.82, 2.24) is 0 Å². The van der Waals surface area contributed by atoms with Crippen LogP contribution in [-0.2, 0) is 4.74 Å². The van der Waals surface area contributed by atoms with E-state index in [2.05, 4.69) is 4.99 Å². The smallest absolute Gasteiger partial charge is 0.361 e. The number of hydrogen-bond acceptors (Lipinski definition) is 2. The van der Waals surface area contributed by atoms with Crippen LogP contribution in [0.1, 0.15) is 33.6 Å². The summed E-state index contributed by atoms with van der Waals surface area (Å²) in [5.41, 5.74) is 0.737. The molecule has 1 aliphatic rings. The predicted octanol–water partition coefficient (Wildman–Crippen LogP) is 3.48. The lowest BCUT2D eigenvalue weighted by atomic mass is 9.89. The minimum atomic E-state index is -4.29. The molecular formula is C11H16F3NO. The maximum Gasteiger partial charge on any atom is 0.411 e. The first-order valence-corrected chi connectivity index (χ1v) is 5.22. The van der Waals surface area contributed by atoms with Crippen molar-refractivity contribution in [2.24, 2.45) is 4.99 Å². The lowest BCUT2D eigenvalue weighted by molar-refractivity contribution is -0.195. The molecule has 16 heavy (non-hydrogen) atoms. The molecule has 0 N–H and O–H groups in total. The van der Waals surface area contributed by atoms with Gasteiger partial charge >= 0.3 is 6.18 Å². The summed E-state index contributed by atoms with van der Waals surface area (Å²) in [6.45, 7) is 4.16. The van der Waals surface area contributed by atoms with E-state index in [1.165, 1.54) is 0 Å². The van der Waals surface area contributed by atoms with E-state index in [0.717, 1.165) is 11.3 Å². The largest absolute Gasteiger partial charge is 0.411 e. The molecule has 0 spiro atoms. The van der Waals surface area contributed by atoms with Gasteiger partial charge in [0.05, 0.1) is 5.60 Å². The molecule has 0 saturated carbocycles. The average molecular weight is 235 g/mol. The SMILES string of the molecule is CCC1=C(C)C(C)(OCC(F)(F)F)CC=N1. The van der Waals surface area contributed by atoms with E-state index < -0.39 is 18.4 Å². The molecule has 2 nitrogen and oxygen atoms in total. The van der Waals surface area contributed by atoms with Crippen LogP contribution in [0.25, 0.3) is 0 Å². The fourth-order valence-electron chi connectivity index (χ4n) is 1.65. The van der Waals surface area contributed by atoms with Crippen LogP contribution in [-0.4, -0.2) is 24.6 Å². The molecule has 1 heterocycles. The molecule has 5 heteroatoms. The molecule has 0 aromatic carbocycles. The second kappa shape index (κ2) is 4.57. The highest BCUT2D eigenvalue weighted by atomic mass is 19.4. The Labute approximate surface area is 93.2 Å². The molecule has 0 saturated heterocycles. The zero-order valence-electron chi connectivity index (χ0n) is 9.69. The van der Waals surface area contributed by atoms with Gasteiger partial charge in [0, 0.05) is 18.3 Å². The number of allylic oxidation sites excluding steroid dienone is 1. The van der Waals surface area contributed by atoms with Gasteiger partial charge in [-0.15, -0.1) is 0 Å². The Morgan fingerprint density at radius 3 is 2.62 bits per heavy atom. The van der Waals surface area contributed by atoms with E-state index in [1.54, 1.807) is 20.1 Å². The quantitative estimate of drug-likeness (QED) is 0.733. The first-order chi connectivity index (χ1) is 7.28. The molecule has 0 aromatic heterocycles. The second-order valence-corrected chi connectivity index (χ2v) is 4.08. The Hall–Kier alpha value is -0.840. The fourth-order valence-corrected chi connectivity index (χ4v) is 1.65. The van der Waals surface area contributed by atoms with Crippen molar-refractivity contribution in [3.05, 3.63) is 11.3 Å². The van der Waals surface area contributed by atoms with Gasteiger partial charge in [-0.2, -0.15) is 13.2 Å². The topological polar surface area (TPSA) is 21.6 Å². The molecule has 1 aliphatic heterocycles. The molecule has 92 valence electrons. The highest BCUT2D eigenvalue weighted by molar-refractivity contribution is 5.64. The zero-order chi connectivity index (χ0) is 12.4. The summed E-state index contributed by atoms with van der Waals surface area (Å²) in [6.07, 6.45) is -1.57. The first-order valence-electron chi connectivity index (χ1n) is 5.22. The molecule has 0 aliphatic carbocycles. The summed E-state index contributed by atoms with van der Waals surface area (Å²) in [5, 5.41) is 0. The van der Waals surface area contributed by atoms with E-state index in [4.69, 9.17) is 4.74 Å². The van der Waals surface area contributed by atoms with Gasteiger partial charge in [-0.25, -0.2) is 0 Å². The Kier molecular flexibility index (Phi) is 3.78. The van der Waals surface area contributed by atoms with Crippen molar-refractivity contribution in [3.63, 3.8) is 0 Å². The molecule has 1 unspecified atom stereocenters. The molecular weight excluding hydrogens is 219 g/mol. The summed E-state index contributed by atoms with van der Waals surface area (Å²) in [7, 11) is 0. The van der Waals surface area contributed by atoms with E-state index in [1.807, 2.05) is 6.92 Å². The molecule has 0 bridgehead atoms. The van der Waals surface area contributed by atoms with Gasteiger partial charge in [0.15, 0.2) is 0 Å². The molecule has 0 amide bonds. The van der Waals surface area contributed by atoms with Gasteiger partial charge in [-0.3, -0.25) is 4.99 Å². The highest BCUT2D eigenvalue weighted by Crippen LogP contribution is 2.33. The van der Waals surface area contributed by atoms with Gasteiger partial charge in [-0.1, -0.05) is 6.92 Å². The van der Waals surface area contributed by atoms with Gasteiger partial charge in [-0.05, 0) is 25.8 Å². The van der Waals surface area contributed by atoms with Crippen molar-refractivity contribution in [2.75, 3.05) is 6.61 Å². The van der Waals surface area contributed by atoms with Crippen molar-refractivity contribution in [2.45, 2.75) is 45.4 Å². The zero-order valence-corrected chi connectivity index (χ0v) is 9.69. The Morgan fingerprint density at radius 1 is 1.50 bits per heavy atom. The van der Waals surface area contributed by atoms with Crippen LogP contribution < -0.4 is 0 Å². The van der Waals surface area contributed by atoms with Crippen LogP contribution >= 0.6 is 0 Å². The van der Waals surface area contributed by atoms with Gasteiger partial charge < -0.3 is 4.74 Å². The summed E-state index contributed by atoms with van der Waals surface area (Å²) in [6, 6.07) is 0. The van der Waals surface area contributed by atoms with E-state index in [-0.39, 0.29) is 0 Å².